The van der Waals surface area contributed by atoms with Gasteiger partial charge in [0.15, 0.2) is 0 Å². The third-order valence-corrected chi connectivity index (χ3v) is 1.88. The molecule has 16 heavy (non-hydrogen) atoms. The van der Waals surface area contributed by atoms with E-state index in [2.05, 4.69) is 16.6 Å². The average Bonchev–Trinajstić information content (AvgIpc) is 2.28. The van der Waals surface area contributed by atoms with Gasteiger partial charge in [0.25, 0.3) is 5.69 Å². The van der Waals surface area contributed by atoms with Crippen molar-refractivity contribution in [3.05, 3.63) is 39.4 Å². The van der Waals surface area contributed by atoms with Gasteiger partial charge in [0.2, 0.25) is 0 Å². The molecule has 0 atom stereocenters. The molecule has 1 rings (SSSR count). The average molecular weight is 219 g/mol. The maximum absolute atomic E-state index is 11.3. The molecule has 0 aliphatic heterocycles. The smallest absolute Gasteiger partial charge is 0.339 e. The van der Waals surface area contributed by atoms with Crippen LogP contribution in [0.4, 0.5) is 5.69 Å². The Balaban J connectivity index is 3.33. The molecule has 1 aromatic carbocycles. The normalized spacial score (nSPS) is 8.88. The standard InChI is InChI=1S/C11H9NO4/c1-3-4-8-7-9(12(14)15)5-6-10(8)11(13)16-2/h5-7H,1-2H3. The molecule has 0 aliphatic carbocycles. The SMILES string of the molecule is CC#Cc1cc([N+](=O)[O-])ccc1C(=O)OC. The van der Waals surface area contributed by atoms with Crippen LogP contribution in [-0.2, 0) is 4.74 Å². The van der Waals surface area contributed by atoms with Gasteiger partial charge in [-0.3, -0.25) is 10.1 Å². The Hall–Kier alpha value is -2.35. The van der Waals surface area contributed by atoms with Crippen molar-refractivity contribution in [3.8, 4) is 11.8 Å². The number of benzene rings is 1. The second kappa shape index (κ2) is 4.94. The maximum Gasteiger partial charge on any atom is 0.339 e. The lowest BCUT2D eigenvalue weighted by Gasteiger charge is -2.01. The van der Waals surface area contributed by atoms with E-state index in [1.165, 1.54) is 25.3 Å². The predicted octanol–water partition coefficient (Wildman–Crippen LogP) is 1.75. The Morgan fingerprint density at radius 1 is 1.50 bits per heavy atom. The molecule has 1 aromatic rings. The Morgan fingerprint density at radius 2 is 2.19 bits per heavy atom. The molecule has 5 heteroatoms. The minimum absolute atomic E-state index is 0.106. The monoisotopic (exact) mass is 219 g/mol. The van der Waals surface area contributed by atoms with Crippen molar-refractivity contribution in [2.24, 2.45) is 0 Å². The van der Waals surface area contributed by atoms with Gasteiger partial charge in [-0.15, -0.1) is 5.92 Å². The highest BCUT2D eigenvalue weighted by molar-refractivity contribution is 5.92. The van der Waals surface area contributed by atoms with Gasteiger partial charge in [0.1, 0.15) is 0 Å². The minimum atomic E-state index is -0.562. The number of methoxy groups -OCH3 is 1. The van der Waals surface area contributed by atoms with Crippen LogP contribution in [0.5, 0.6) is 0 Å². The lowest BCUT2D eigenvalue weighted by atomic mass is 10.1. The van der Waals surface area contributed by atoms with Crippen LogP contribution in [0.2, 0.25) is 0 Å². The second-order valence-corrected chi connectivity index (χ2v) is 2.85. The van der Waals surface area contributed by atoms with Crippen LogP contribution in [0, 0.1) is 22.0 Å². The van der Waals surface area contributed by atoms with E-state index in [1.54, 1.807) is 6.92 Å². The molecule has 0 fully saturated rings. The Bertz CT molecular complexity index is 496. The highest BCUT2D eigenvalue weighted by Gasteiger charge is 2.14. The van der Waals surface area contributed by atoms with Crippen molar-refractivity contribution in [3.63, 3.8) is 0 Å². The molecule has 0 aromatic heterocycles. The van der Waals surface area contributed by atoms with Crippen LogP contribution in [0.1, 0.15) is 22.8 Å². The molecule has 0 heterocycles. The molecular weight excluding hydrogens is 210 g/mol. The van der Waals surface area contributed by atoms with Crippen LogP contribution >= 0.6 is 0 Å². The molecule has 0 amide bonds. The van der Waals surface area contributed by atoms with Gasteiger partial charge in [-0.1, -0.05) is 5.92 Å². The van der Waals surface area contributed by atoms with Crippen molar-refractivity contribution in [1.29, 1.82) is 0 Å². The van der Waals surface area contributed by atoms with Crippen molar-refractivity contribution in [2.45, 2.75) is 6.92 Å². The Kier molecular flexibility index (Phi) is 3.62. The van der Waals surface area contributed by atoms with Gasteiger partial charge in [-0.25, -0.2) is 4.79 Å². The van der Waals surface area contributed by atoms with Crippen molar-refractivity contribution >= 4 is 11.7 Å². The van der Waals surface area contributed by atoms with Crippen LogP contribution < -0.4 is 0 Å². The summed E-state index contributed by atoms with van der Waals surface area (Å²) >= 11 is 0. The summed E-state index contributed by atoms with van der Waals surface area (Å²) in [6.45, 7) is 1.58. The fraction of sp³-hybridized carbons (Fsp3) is 0.182. The number of nitro groups is 1. The van der Waals surface area contributed by atoms with Gasteiger partial charge in [0.05, 0.1) is 17.6 Å². The number of non-ortho nitro benzene ring substituents is 1. The van der Waals surface area contributed by atoms with E-state index in [-0.39, 0.29) is 11.3 Å². The molecule has 0 saturated carbocycles. The maximum atomic E-state index is 11.3. The molecule has 5 nitrogen and oxygen atoms in total. The number of nitrogens with zero attached hydrogens (tertiary/aromatic N) is 1. The number of carbonyl (C=O) groups is 1. The van der Waals surface area contributed by atoms with Crippen molar-refractivity contribution in [2.75, 3.05) is 7.11 Å². The van der Waals surface area contributed by atoms with E-state index < -0.39 is 10.9 Å². The fourth-order valence-electron chi connectivity index (χ4n) is 1.17. The summed E-state index contributed by atoms with van der Waals surface area (Å²) in [5, 5.41) is 10.5. The third-order valence-electron chi connectivity index (χ3n) is 1.88. The minimum Gasteiger partial charge on any atom is -0.465 e. The number of hydrogen-bond donors (Lipinski definition) is 0. The van der Waals surface area contributed by atoms with Crippen LogP contribution in [-0.4, -0.2) is 18.0 Å². The molecule has 0 bridgehead atoms. The fourth-order valence-corrected chi connectivity index (χ4v) is 1.17. The van der Waals surface area contributed by atoms with Gasteiger partial charge < -0.3 is 4.74 Å². The number of hydrogen-bond acceptors (Lipinski definition) is 4. The molecule has 0 unspecified atom stereocenters. The second-order valence-electron chi connectivity index (χ2n) is 2.85. The summed E-state index contributed by atoms with van der Waals surface area (Å²) < 4.78 is 4.55. The summed E-state index contributed by atoms with van der Waals surface area (Å²) in [4.78, 5) is 21.3. The molecule has 82 valence electrons. The van der Waals surface area contributed by atoms with Gasteiger partial charge in [0, 0.05) is 17.7 Å². The van der Waals surface area contributed by atoms with Crippen molar-refractivity contribution < 1.29 is 14.5 Å². The van der Waals surface area contributed by atoms with E-state index in [9.17, 15) is 14.9 Å². The zero-order valence-corrected chi connectivity index (χ0v) is 8.81. The summed E-state index contributed by atoms with van der Waals surface area (Å²) in [7, 11) is 1.24. The molecule has 0 aliphatic rings. The first-order chi connectivity index (χ1) is 7.60. The number of esters is 1. The largest absolute Gasteiger partial charge is 0.465 e. The first kappa shape index (κ1) is 11.7. The number of ether oxygens (including phenoxy) is 1. The lowest BCUT2D eigenvalue weighted by molar-refractivity contribution is -0.384. The third kappa shape index (κ3) is 2.36. The zero-order valence-electron chi connectivity index (χ0n) is 8.81. The number of rotatable bonds is 2. The summed E-state index contributed by atoms with van der Waals surface area (Å²) in [6, 6.07) is 3.83. The molecular formula is C11H9NO4. The first-order valence-electron chi connectivity index (χ1n) is 4.39. The molecule has 0 N–H and O–H groups in total. The molecule has 0 radical (unpaired) electrons. The first-order valence-corrected chi connectivity index (χ1v) is 4.39. The summed E-state index contributed by atoms with van der Waals surface area (Å²) in [5.74, 6) is 4.66. The topological polar surface area (TPSA) is 69.4 Å². The Labute approximate surface area is 92.2 Å². The van der Waals surface area contributed by atoms with E-state index >= 15 is 0 Å². The summed E-state index contributed by atoms with van der Waals surface area (Å²) in [5.41, 5.74) is 0.413. The van der Waals surface area contributed by atoms with E-state index in [4.69, 9.17) is 0 Å². The number of carbonyl (C=O) groups excluding carboxylic acids is 1. The van der Waals surface area contributed by atoms with E-state index in [1.807, 2.05) is 0 Å². The van der Waals surface area contributed by atoms with Gasteiger partial charge in [-0.2, -0.15) is 0 Å². The van der Waals surface area contributed by atoms with E-state index in [0.717, 1.165) is 0 Å². The van der Waals surface area contributed by atoms with Crippen LogP contribution in [0.25, 0.3) is 0 Å². The molecule has 0 saturated heterocycles. The lowest BCUT2D eigenvalue weighted by Crippen LogP contribution is -2.04. The highest BCUT2D eigenvalue weighted by Crippen LogP contribution is 2.17. The van der Waals surface area contributed by atoms with Gasteiger partial charge >= 0.3 is 5.97 Å². The van der Waals surface area contributed by atoms with Crippen molar-refractivity contribution in [1.82, 2.24) is 0 Å². The Morgan fingerprint density at radius 3 is 2.69 bits per heavy atom. The molecule has 0 spiro atoms. The van der Waals surface area contributed by atoms with Gasteiger partial charge in [-0.05, 0) is 13.0 Å². The zero-order chi connectivity index (χ0) is 12.1. The van der Waals surface area contributed by atoms with Crippen LogP contribution in [0.15, 0.2) is 18.2 Å². The van der Waals surface area contributed by atoms with E-state index in [0.29, 0.717) is 5.56 Å². The predicted molar refractivity (Wildman–Crippen MR) is 57.0 cm³/mol. The summed E-state index contributed by atoms with van der Waals surface area (Å²) in [6.07, 6.45) is 0. The highest BCUT2D eigenvalue weighted by atomic mass is 16.6. The van der Waals surface area contributed by atoms with Crippen LogP contribution in [0.3, 0.4) is 0 Å². The number of nitro benzene ring substituents is 1. The quantitative estimate of drug-likeness (QED) is 0.329.